The van der Waals surface area contributed by atoms with E-state index in [-0.39, 0.29) is 18.2 Å². The van der Waals surface area contributed by atoms with Crippen molar-refractivity contribution in [1.82, 2.24) is 4.31 Å². The molecule has 1 heterocycles. The van der Waals surface area contributed by atoms with Gasteiger partial charge in [0.25, 0.3) is 0 Å². The minimum Gasteiger partial charge on any atom is -0.468 e. The fraction of sp³-hybridized carbons (Fsp3) is 0.458. The molecule has 1 aromatic carbocycles. The van der Waals surface area contributed by atoms with Crippen molar-refractivity contribution in [2.45, 2.75) is 63.3 Å². The molecule has 0 radical (unpaired) electrons. The minimum absolute atomic E-state index is 0.0803. The summed E-state index contributed by atoms with van der Waals surface area (Å²) in [5.41, 5.74) is 1.47. The lowest BCUT2D eigenvalue weighted by atomic mass is 9.66. The molecule has 0 saturated carbocycles. The van der Waals surface area contributed by atoms with Gasteiger partial charge in [-0.1, -0.05) is 36.0 Å². The maximum Gasteiger partial charge on any atom is 0.320 e. The lowest BCUT2D eigenvalue weighted by Crippen LogP contribution is -2.48. The number of rotatable bonds is 6. The average molecular weight is 573 g/mol. The zero-order valence-electron chi connectivity index (χ0n) is 18.8. The molecule has 3 atom stereocenters. The highest BCUT2D eigenvalue weighted by atomic mass is 127. The predicted molar refractivity (Wildman–Crippen MR) is 132 cm³/mol. The highest BCUT2D eigenvalue weighted by Gasteiger charge is 2.47. The summed E-state index contributed by atoms with van der Waals surface area (Å²) in [6.07, 6.45) is 6.74. The molecule has 32 heavy (non-hydrogen) atoms. The summed E-state index contributed by atoms with van der Waals surface area (Å²) < 4.78 is 49.2. The van der Waals surface area contributed by atoms with E-state index in [1.165, 1.54) is 17.5 Å². The zero-order valence-corrected chi connectivity index (χ0v) is 21.8. The Bertz CT molecular complexity index is 1110. The van der Waals surface area contributed by atoms with Crippen molar-refractivity contribution in [2.24, 2.45) is 0 Å². The molecular formula is C24H29FINO4S. The Morgan fingerprint density at radius 3 is 2.62 bits per heavy atom. The van der Waals surface area contributed by atoms with E-state index in [2.05, 4.69) is 29.2 Å². The van der Waals surface area contributed by atoms with Crippen LogP contribution in [0, 0.1) is 9.39 Å². The van der Waals surface area contributed by atoms with Gasteiger partial charge >= 0.3 is 5.97 Å². The fourth-order valence-corrected chi connectivity index (χ4v) is 7.62. The lowest BCUT2D eigenvalue weighted by Gasteiger charge is -2.38. The van der Waals surface area contributed by atoms with Crippen LogP contribution in [0.1, 0.15) is 51.2 Å². The molecule has 0 N–H and O–H groups in total. The van der Waals surface area contributed by atoms with Crippen LogP contribution in [0.25, 0.3) is 0 Å². The number of esters is 1. The standard InChI is InChI=1S/C24H29FINO4S/c1-6-7-16(3)22-9-8-17(4)27(32(22,29)30)14-18-10-20(25)19(11-21(18)26)24(23(28)31-5)12-15(2)13-24/h6-7,10-12,17,22H,1,8-9,13-14H2,2-5H3/b16-7+/t17-,22+,24?/m0/s1. The van der Waals surface area contributed by atoms with Crippen molar-refractivity contribution in [2.75, 3.05) is 7.11 Å². The van der Waals surface area contributed by atoms with Gasteiger partial charge in [-0.25, -0.2) is 12.8 Å². The molecule has 2 aliphatic rings. The van der Waals surface area contributed by atoms with Crippen LogP contribution in [-0.4, -0.2) is 37.1 Å². The number of carbonyl (C=O) groups excluding carboxylic acids is 1. The molecule has 3 rings (SSSR count). The van der Waals surface area contributed by atoms with Crippen LogP contribution in [0.3, 0.4) is 0 Å². The van der Waals surface area contributed by atoms with E-state index >= 15 is 4.39 Å². The van der Waals surface area contributed by atoms with E-state index in [1.54, 1.807) is 31.2 Å². The molecular weight excluding hydrogens is 544 g/mol. The van der Waals surface area contributed by atoms with Gasteiger partial charge in [0, 0.05) is 21.7 Å². The summed E-state index contributed by atoms with van der Waals surface area (Å²) in [7, 11) is -2.32. The number of benzene rings is 1. The maximum absolute atomic E-state index is 15.3. The van der Waals surface area contributed by atoms with E-state index in [9.17, 15) is 13.2 Å². The number of methoxy groups -OCH3 is 1. The van der Waals surface area contributed by atoms with Gasteiger partial charge in [-0.05, 0) is 80.3 Å². The molecule has 8 heteroatoms. The third kappa shape index (κ3) is 4.33. The van der Waals surface area contributed by atoms with Crippen LogP contribution < -0.4 is 0 Å². The molecule has 1 unspecified atom stereocenters. The third-order valence-corrected chi connectivity index (χ3v) is 9.93. The van der Waals surface area contributed by atoms with Crippen LogP contribution >= 0.6 is 22.6 Å². The Balaban J connectivity index is 1.98. The second-order valence-electron chi connectivity index (χ2n) is 8.71. The van der Waals surface area contributed by atoms with Crippen LogP contribution in [0.15, 0.2) is 48.1 Å². The van der Waals surface area contributed by atoms with Gasteiger partial charge < -0.3 is 4.74 Å². The first-order valence-electron chi connectivity index (χ1n) is 10.5. The van der Waals surface area contributed by atoms with Crippen molar-refractivity contribution >= 4 is 38.6 Å². The molecule has 1 aromatic rings. The van der Waals surface area contributed by atoms with Crippen LogP contribution in [0.5, 0.6) is 0 Å². The number of hydrogen-bond acceptors (Lipinski definition) is 4. The van der Waals surface area contributed by atoms with Crippen molar-refractivity contribution in [3.05, 3.63) is 68.6 Å². The summed E-state index contributed by atoms with van der Waals surface area (Å²) in [4.78, 5) is 12.5. The van der Waals surface area contributed by atoms with E-state index in [4.69, 9.17) is 4.74 Å². The smallest absolute Gasteiger partial charge is 0.320 e. The van der Waals surface area contributed by atoms with Crippen molar-refractivity contribution < 1.29 is 22.3 Å². The molecule has 174 valence electrons. The Labute approximate surface area is 203 Å². The number of halogens is 2. The SMILES string of the molecule is C=C/C=C(\C)[C@H]1CC[C@H](C)N(Cc2cc(F)c(C3(C(=O)OC)C=C(C)C3)cc2I)S1(=O)=O. The summed E-state index contributed by atoms with van der Waals surface area (Å²) in [6.45, 7) is 9.32. The molecule has 0 amide bonds. The first-order valence-corrected chi connectivity index (χ1v) is 13.1. The summed E-state index contributed by atoms with van der Waals surface area (Å²) in [6, 6.07) is 2.82. The van der Waals surface area contributed by atoms with Gasteiger partial charge in [0.1, 0.15) is 11.2 Å². The Morgan fingerprint density at radius 2 is 2.06 bits per heavy atom. The van der Waals surface area contributed by atoms with E-state index in [1.807, 2.05) is 13.8 Å². The number of sulfonamides is 1. The molecule has 0 aromatic heterocycles. The number of allylic oxidation sites excluding steroid dienone is 3. The van der Waals surface area contributed by atoms with Crippen LogP contribution in [0.4, 0.5) is 4.39 Å². The molecule has 0 bridgehead atoms. The Kier molecular flexibility index (Phi) is 7.36. The summed E-state index contributed by atoms with van der Waals surface area (Å²) in [5, 5.41) is -0.607. The number of carbonyl (C=O) groups is 1. The Hall–Kier alpha value is -1.52. The fourth-order valence-electron chi connectivity index (χ4n) is 4.75. The second kappa shape index (κ2) is 9.38. The first kappa shape index (κ1) is 25.1. The van der Waals surface area contributed by atoms with Gasteiger partial charge in [0.05, 0.1) is 12.4 Å². The monoisotopic (exact) mass is 573 g/mol. The predicted octanol–water partition coefficient (Wildman–Crippen LogP) is 5.01. The normalized spacial score (nSPS) is 27.9. The molecule has 1 fully saturated rings. The van der Waals surface area contributed by atoms with Gasteiger partial charge in [-0.3, -0.25) is 4.79 Å². The zero-order chi connectivity index (χ0) is 23.8. The number of hydrogen-bond donors (Lipinski definition) is 0. The van der Waals surface area contributed by atoms with Crippen molar-refractivity contribution in [1.29, 1.82) is 0 Å². The number of ether oxygens (including phenoxy) is 1. The molecule has 0 spiro atoms. The average Bonchev–Trinajstić information content (AvgIpc) is 2.70. The first-order chi connectivity index (χ1) is 15.0. The van der Waals surface area contributed by atoms with Gasteiger partial charge in [-0.2, -0.15) is 4.31 Å². The minimum atomic E-state index is -3.61. The second-order valence-corrected chi connectivity index (χ2v) is 11.9. The lowest BCUT2D eigenvalue weighted by molar-refractivity contribution is -0.146. The molecule has 1 aliphatic heterocycles. The summed E-state index contributed by atoms with van der Waals surface area (Å²) >= 11 is 2.09. The van der Waals surface area contributed by atoms with Crippen molar-refractivity contribution in [3.8, 4) is 0 Å². The van der Waals surface area contributed by atoms with Crippen LogP contribution in [-0.2, 0) is 31.5 Å². The van der Waals surface area contributed by atoms with Crippen LogP contribution in [0.2, 0.25) is 0 Å². The van der Waals surface area contributed by atoms with Crippen molar-refractivity contribution in [3.63, 3.8) is 0 Å². The quantitative estimate of drug-likeness (QED) is 0.208. The molecule has 1 aliphatic carbocycles. The largest absolute Gasteiger partial charge is 0.468 e. The highest BCUT2D eigenvalue weighted by molar-refractivity contribution is 14.1. The van der Waals surface area contributed by atoms with E-state index in [0.29, 0.717) is 22.0 Å². The molecule has 5 nitrogen and oxygen atoms in total. The topological polar surface area (TPSA) is 63.7 Å². The summed E-state index contributed by atoms with van der Waals surface area (Å²) in [5.74, 6) is -1.03. The number of nitrogens with zero attached hydrogens (tertiary/aromatic N) is 1. The van der Waals surface area contributed by atoms with Gasteiger partial charge in [0.2, 0.25) is 10.0 Å². The Morgan fingerprint density at radius 1 is 1.41 bits per heavy atom. The van der Waals surface area contributed by atoms with E-state index in [0.717, 1.165) is 17.6 Å². The van der Waals surface area contributed by atoms with E-state index < -0.39 is 32.5 Å². The van der Waals surface area contributed by atoms with Gasteiger partial charge in [0.15, 0.2) is 0 Å². The highest BCUT2D eigenvalue weighted by Crippen LogP contribution is 2.45. The molecule has 1 saturated heterocycles. The van der Waals surface area contributed by atoms with Gasteiger partial charge in [-0.15, -0.1) is 0 Å². The maximum atomic E-state index is 15.3. The third-order valence-electron chi connectivity index (χ3n) is 6.46.